The normalized spacial score (nSPS) is 10.8. The van der Waals surface area contributed by atoms with E-state index in [1.807, 2.05) is 13.8 Å². The molecule has 0 saturated heterocycles. The number of hydrogen-bond donors (Lipinski definition) is 2. The molecule has 5 nitrogen and oxygen atoms in total. The van der Waals surface area contributed by atoms with Gasteiger partial charge in [-0.05, 0) is 32.0 Å². The Morgan fingerprint density at radius 2 is 2.15 bits per heavy atom. The first kappa shape index (κ1) is 14.2. The molecule has 106 valence electrons. The van der Waals surface area contributed by atoms with Gasteiger partial charge in [-0.2, -0.15) is 0 Å². The van der Waals surface area contributed by atoms with Gasteiger partial charge in [0.05, 0.1) is 5.69 Å². The van der Waals surface area contributed by atoms with Gasteiger partial charge in [0, 0.05) is 29.8 Å². The summed E-state index contributed by atoms with van der Waals surface area (Å²) in [6.45, 7) is 4.48. The van der Waals surface area contributed by atoms with Gasteiger partial charge >= 0.3 is 0 Å². The van der Waals surface area contributed by atoms with Crippen LogP contribution in [0.2, 0.25) is 0 Å². The first-order chi connectivity index (χ1) is 9.49. The highest BCUT2D eigenvalue weighted by atomic mass is 19.1. The van der Waals surface area contributed by atoms with Gasteiger partial charge in [0.15, 0.2) is 0 Å². The maximum Gasteiger partial charge on any atom is 0.248 e. The monoisotopic (exact) mass is 277 g/mol. The maximum absolute atomic E-state index is 13.6. The highest BCUT2D eigenvalue weighted by molar-refractivity contribution is 5.92. The molecule has 0 unspecified atom stereocenters. The van der Waals surface area contributed by atoms with Crippen LogP contribution in [-0.4, -0.2) is 11.1 Å². The number of aromatic nitrogens is 1. The third kappa shape index (κ3) is 3.03. The molecular formula is C14H16FN3O2. The quantitative estimate of drug-likeness (QED) is 0.873. The molecule has 0 aliphatic rings. The number of amides is 1. The highest BCUT2D eigenvalue weighted by Crippen LogP contribution is 2.13. The lowest BCUT2D eigenvalue weighted by Crippen LogP contribution is -2.16. The molecule has 0 bridgehead atoms. The summed E-state index contributed by atoms with van der Waals surface area (Å²) in [6.07, 6.45) is 0. The zero-order chi connectivity index (χ0) is 14.7. The molecule has 1 aromatic heterocycles. The highest BCUT2D eigenvalue weighted by Gasteiger charge is 2.10. The summed E-state index contributed by atoms with van der Waals surface area (Å²) in [6, 6.07) is 4.07. The van der Waals surface area contributed by atoms with Gasteiger partial charge in [0.2, 0.25) is 5.91 Å². The van der Waals surface area contributed by atoms with Gasteiger partial charge in [-0.25, -0.2) is 4.39 Å². The number of nitrogens with two attached hydrogens (primary N) is 1. The van der Waals surface area contributed by atoms with E-state index in [9.17, 15) is 9.18 Å². The average molecular weight is 277 g/mol. The van der Waals surface area contributed by atoms with Gasteiger partial charge in [-0.1, -0.05) is 5.16 Å². The lowest BCUT2D eigenvalue weighted by Gasteiger charge is -2.07. The van der Waals surface area contributed by atoms with Gasteiger partial charge in [0.1, 0.15) is 11.6 Å². The smallest absolute Gasteiger partial charge is 0.248 e. The van der Waals surface area contributed by atoms with Crippen LogP contribution in [0, 0.1) is 19.7 Å². The van der Waals surface area contributed by atoms with Crippen LogP contribution in [-0.2, 0) is 13.1 Å². The van der Waals surface area contributed by atoms with Crippen molar-refractivity contribution in [3.63, 3.8) is 0 Å². The lowest BCUT2D eigenvalue weighted by atomic mass is 10.1. The minimum absolute atomic E-state index is 0.289. The summed E-state index contributed by atoms with van der Waals surface area (Å²) >= 11 is 0. The first-order valence-electron chi connectivity index (χ1n) is 6.19. The molecule has 0 aliphatic carbocycles. The molecule has 1 heterocycles. The second-order valence-corrected chi connectivity index (χ2v) is 4.58. The fourth-order valence-corrected chi connectivity index (χ4v) is 1.94. The second-order valence-electron chi connectivity index (χ2n) is 4.58. The largest absolute Gasteiger partial charge is 0.366 e. The number of primary amides is 1. The Bertz CT molecular complexity index is 618. The van der Waals surface area contributed by atoms with Gasteiger partial charge in [-0.3, -0.25) is 4.79 Å². The summed E-state index contributed by atoms with van der Waals surface area (Å²) in [5.74, 6) is -0.209. The first-order valence-corrected chi connectivity index (χ1v) is 6.19. The molecule has 1 amide bonds. The average Bonchev–Trinajstić information content (AvgIpc) is 2.72. The van der Waals surface area contributed by atoms with Crippen molar-refractivity contribution < 1.29 is 13.7 Å². The molecule has 0 aliphatic heterocycles. The Kier molecular flexibility index (Phi) is 4.14. The van der Waals surface area contributed by atoms with Crippen molar-refractivity contribution in [2.24, 2.45) is 5.73 Å². The molecule has 0 saturated carbocycles. The molecule has 0 spiro atoms. The van der Waals surface area contributed by atoms with Crippen molar-refractivity contribution in [3.05, 3.63) is 52.2 Å². The van der Waals surface area contributed by atoms with E-state index in [2.05, 4.69) is 10.5 Å². The third-order valence-electron chi connectivity index (χ3n) is 3.13. The van der Waals surface area contributed by atoms with Crippen molar-refractivity contribution in [2.45, 2.75) is 26.9 Å². The summed E-state index contributed by atoms with van der Waals surface area (Å²) in [5, 5.41) is 6.95. The van der Waals surface area contributed by atoms with Crippen molar-refractivity contribution in [1.29, 1.82) is 0 Å². The van der Waals surface area contributed by atoms with Crippen LogP contribution < -0.4 is 11.1 Å². The Morgan fingerprint density at radius 1 is 1.40 bits per heavy atom. The molecule has 6 heteroatoms. The fourth-order valence-electron chi connectivity index (χ4n) is 1.94. The summed E-state index contributed by atoms with van der Waals surface area (Å²) in [7, 11) is 0. The zero-order valence-electron chi connectivity index (χ0n) is 11.4. The molecule has 0 fully saturated rings. The molecule has 0 atom stereocenters. The predicted octanol–water partition coefficient (Wildman–Crippen LogP) is 1.82. The van der Waals surface area contributed by atoms with E-state index < -0.39 is 5.91 Å². The Labute approximate surface area is 115 Å². The van der Waals surface area contributed by atoms with Crippen LogP contribution in [0.3, 0.4) is 0 Å². The van der Waals surface area contributed by atoms with E-state index in [4.69, 9.17) is 10.3 Å². The van der Waals surface area contributed by atoms with Crippen molar-refractivity contribution >= 4 is 5.91 Å². The van der Waals surface area contributed by atoms with Crippen LogP contribution in [0.1, 0.15) is 32.9 Å². The Balaban J connectivity index is 2.04. The fraction of sp³-hybridized carbons (Fsp3) is 0.286. The van der Waals surface area contributed by atoms with Gasteiger partial charge in [0.25, 0.3) is 0 Å². The molecular weight excluding hydrogens is 261 g/mol. The van der Waals surface area contributed by atoms with Crippen LogP contribution in [0.15, 0.2) is 22.7 Å². The Morgan fingerprint density at radius 3 is 2.75 bits per heavy atom. The third-order valence-corrected chi connectivity index (χ3v) is 3.13. The molecule has 0 radical (unpaired) electrons. The summed E-state index contributed by atoms with van der Waals surface area (Å²) in [4.78, 5) is 11.1. The number of hydrogen-bond acceptors (Lipinski definition) is 4. The summed E-state index contributed by atoms with van der Waals surface area (Å²) in [5.41, 5.74) is 7.63. The number of rotatable bonds is 5. The van der Waals surface area contributed by atoms with Gasteiger partial charge < -0.3 is 15.6 Å². The van der Waals surface area contributed by atoms with E-state index >= 15 is 0 Å². The number of halogens is 1. The standard InChI is InChI=1S/C14H16FN3O2/c1-8-12(9(2)20-18-8)7-17-6-11-5-10(14(16)19)3-4-13(11)15/h3-5,17H,6-7H2,1-2H3,(H2,16,19). The molecule has 20 heavy (non-hydrogen) atoms. The SMILES string of the molecule is Cc1noc(C)c1CNCc1cc(C(N)=O)ccc1F. The van der Waals surface area contributed by atoms with Crippen molar-refractivity contribution in [1.82, 2.24) is 10.5 Å². The van der Waals surface area contributed by atoms with Gasteiger partial charge in [-0.15, -0.1) is 0 Å². The molecule has 2 aromatic rings. The number of nitrogens with zero attached hydrogens (tertiary/aromatic N) is 1. The number of nitrogens with one attached hydrogen (secondary N) is 1. The van der Waals surface area contributed by atoms with E-state index in [0.29, 0.717) is 17.7 Å². The molecule has 3 N–H and O–H groups in total. The summed E-state index contributed by atoms with van der Waals surface area (Å²) < 4.78 is 18.7. The van der Waals surface area contributed by atoms with E-state index in [1.54, 1.807) is 0 Å². The van der Waals surface area contributed by atoms with Crippen LogP contribution in [0.25, 0.3) is 0 Å². The second kappa shape index (κ2) is 5.83. The molecule has 2 rings (SSSR count). The Hall–Kier alpha value is -2.21. The lowest BCUT2D eigenvalue weighted by molar-refractivity contribution is 0.1000. The van der Waals surface area contributed by atoms with Crippen LogP contribution in [0.5, 0.6) is 0 Å². The number of benzene rings is 1. The maximum atomic E-state index is 13.6. The van der Waals surface area contributed by atoms with E-state index in [1.165, 1.54) is 18.2 Å². The predicted molar refractivity (Wildman–Crippen MR) is 71.4 cm³/mol. The zero-order valence-corrected chi connectivity index (χ0v) is 11.4. The number of carbonyl (C=O) groups excluding carboxylic acids is 1. The number of carbonyl (C=O) groups is 1. The van der Waals surface area contributed by atoms with E-state index in [-0.39, 0.29) is 12.4 Å². The van der Waals surface area contributed by atoms with Crippen LogP contribution >= 0.6 is 0 Å². The van der Waals surface area contributed by atoms with Crippen molar-refractivity contribution in [3.8, 4) is 0 Å². The topological polar surface area (TPSA) is 81.2 Å². The minimum atomic E-state index is -0.572. The van der Waals surface area contributed by atoms with Crippen LogP contribution in [0.4, 0.5) is 4.39 Å². The van der Waals surface area contributed by atoms with E-state index in [0.717, 1.165) is 17.0 Å². The van der Waals surface area contributed by atoms with Crippen molar-refractivity contribution in [2.75, 3.05) is 0 Å². The number of aryl methyl sites for hydroxylation is 2. The minimum Gasteiger partial charge on any atom is -0.366 e. The molecule has 1 aromatic carbocycles.